The maximum atomic E-state index is 8.71. The zero-order chi connectivity index (χ0) is 10.4. The highest BCUT2D eigenvalue weighted by Gasteiger charge is 2.41. The number of ether oxygens (including phenoxy) is 1. The first-order valence-electron chi connectivity index (χ1n) is 5.74. The third kappa shape index (κ3) is 2.47. The summed E-state index contributed by atoms with van der Waals surface area (Å²) in [5.74, 6) is 0.617. The van der Waals surface area contributed by atoms with E-state index < -0.39 is 0 Å². The number of aliphatic hydroxyl groups is 1. The molecule has 2 unspecified atom stereocenters. The lowest BCUT2D eigenvalue weighted by Gasteiger charge is -2.34. The van der Waals surface area contributed by atoms with Crippen molar-refractivity contribution in [3.05, 3.63) is 0 Å². The summed E-state index contributed by atoms with van der Waals surface area (Å²) >= 11 is 0. The normalized spacial score (nSPS) is 32.4. The van der Waals surface area contributed by atoms with E-state index in [0.717, 1.165) is 19.3 Å². The Kier molecular flexibility index (Phi) is 4.85. The van der Waals surface area contributed by atoms with Crippen LogP contribution in [-0.2, 0) is 4.74 Å². The van der Waals surface area contributed by atoms with E-state index in [9.17, 15) is 0 Å². The Balaban J connectivity index is 2.46. The molecule has 14 heavy (non-hydrogen) atoms. The summed E-state index contributed by atoms with van der Waals surface area (Å²) in [5, 5.41) is 8.71. The maximum Gasteiger partial charge on any atom is 0.0831 e. The molecule has 0 bridgehead atoms. The predicted octanol–water partition coefficient (Wildman–Crippen LogP) is 1.29. The van der Waals surface area contributed by atoms with Gasteiger partial charge in [-0.3, -0.25) is 0 Å². The highest BCUT2D eigenvalue weighted by Crippen LogP contribution is 2.40. The zero-order valence-corrected chi connectivity index (χ0v) is 9.17. The molecule has 0 aliphatic heterocycles. The largest absolute Gasteiger partial charge is 0.396 e. The molecule has 0 spiro atoms. The van der Waals surface area contributed by atoms with Crippen molar-refractivity contribution >= 4 is 0 Å². The second-order valence-corrected chi connectivity index (χ2v) is 4.19. The van der Waals surface area contributed by atoms with E-state index in [-0.39, 0.29) is 12.2 Å². The van der Waals surface area contributed by atoms with Crippen LogP contribution in [0.5, 0.6) is 0 Å². The van der Waals surface area contributed by atoms with Crippen LogP contribution in [0.1, 0.15) is 39.0 Å². The quantitative estimate of drug-likeness (QED) is 0.637. The van der Waals surface area contributed by atoms with E-state index in [2.05, 4.69) is 6.92 Å². The summed E-state index contributed by atoms with van der Waals surface area (Å²) in [4.78, 5) is 0. The van der Waals surface area contributed by atoms with Crippen molar-refractivity contribution < 1.29 is 9.84 Å². The Bertz CT molecular complexity index is 163. The molecular formula is C11H23NO2. The Morgan fingerprint density at radius 1 is 1.57 bits per heavy atom. The van der Waals surface area contributed by atoms with Gasteiger partial charge in [0.25, 0.3) is 0 Å². The predicted molar refractivity (Wildman–Crippen MR) is 57.1 cm³/mol. The highest BCUT2D eigenvalue weighted by atomic mass is 16.5. The second-order valence-electron chi connectivity index (χ2n) is 4.19. The zero-order valence-electron chi connectivity index (χ0n) is 9.17. The molecule has 2 atom stereocenters. The van der Waals surface area contributed by atoms with Gasteiger partial charge in [-0.05, 0) is 25.2 Å². The highest BCUT2D eigenvalue weighted by molar-refractivity contribution is 4.94. The van der Waals surface area contributed by atoms with Gasteiger partial charge in [-0.1, -0.05) is 19.8 Å². The lowest BCUT2D eigenvalue weighted by atomic mass is 9.88. The maximum absolute atomic E-state index is 8.71. The third-order valence-electron chi connectivity index (χ3n) is 3.43. The number of hydrogen-bond acceptors (Lipinski definition) is 3. The Morgan fingerprint density at radius 3 is 2.93 bits per heavy atom. The first-order valence-corrected chi connectivity index (χ1v) is 5.74. The van der Waals surface area contributed by atoms with Crippen LogP contribution in [0.2, 0.25) is 0 Å². The topological polar surface area (TPSA) is 55.5 Å². The van der Waals surface area contributed by atoms with E-state index in [1.165, 1.54) is 12.8 Å². The van der Waals surface area contributed by atoms with Crippen LogP contribution in [0.4, 0.5) is 0 Å². The molecule has 3 heteroatoms. The van der Waals surface area contributed by atoms with Crippen molar-refractivity contribution in [1.29, 1.82) is 0 Å². The number of aliphatic hydroxyl groups excluding tert-OH is 1. The molecule has 1 aliphatic rings. The molecule has 1 aliphatic carbocycles. The standard InChI is InChI=1S/C11H23NO2/c1-2-10-5-3-6-11(10,9-12)14-8-4-7-13/h10,13H,2-9,12H2,1H3. The fraction of sp³-hybridized carbons (Fsp3) is 1.00. The second kappa shape index (κ2) is 5.69. The van der Waals surface area contributed by atoms with E-state index in [1.54, 1.807) is 0 Å². The van der Waals surface area contributed by atoms with Crippen LogP contribution in [-0.4, -0.2) is 30.5 Å². The van der Waals surface area contributed by atoms with Crippen molar-refractivity contribution in [3.8, 4) is 0 Å². The molecule has 0 radical (unpaired) electrons. The fourth-order valence-corrected chi connectivity index (χ4v) is 2.55. The van der Waals surface area contributed by atoms with Gasteiger partial charge in [-0.15, -0.1) is 0 Å². The van der Waals surface area contributed by atoms with Crippen LogP contribution >= 0.6 is 0 Å². The van der Waals surface area contributed by atoms with Gasteiger partial charge < -0.3 is 15.6 Å². The van der Waals surface area contributed by atoms with Crippen LogP contribution in [0.25, 0.3) is 0 Å². The minimum Gasteiger partial charge on any atom is -0.396 e. The lowest BCUT2D eigenvalue weighted by molar-refractivity contribution is -0.0698. The molecule has 3 N–H and O–H groups in total. The van der Waals surface area contributed by atoms with E-state index in [1.807, 2.05) is 0 Å². The molecular weight excluding hydrogens is 178 g/mol. The van der Waals surface area contributed by atoms with Gasteiger partial charge in [-0.25, -0.2) is 0 Å². The average Bonchev–Trinajstić information content (AvgIpc) is 2.62. The molecule has 0 aromatic heterocycles. The first-order chi connectivity index (χ1) is 6.79. The minimum absolute atomic E-state index is 0.0794. The van der Waals surface area contributed by atoms with Crippen LogP contribution in [0.15, 0.2) is 0 Å². The molecule has 84 valence electrons. The smallest absolute Gasteiger partial charge is 0.0831 e. The van der Waals surface area contributed by atoms with Gasteiger partial charge in [0.2, 0.25) is 0 Å². The van der Waals surface area contributed by atoms with E-state index in [0.29, 0.717) is 19.1 Å². The minimum atomic E-state index is -0.0794. The van der Waals surface area contributed by atoms with Gasteiger partial charge in [0.1, 0.15) is 0 Å². The summed E-state index contributed by atoms with van der Waals surface area (Å²) in [5.41, 5.74) is 5.75. The van der Waals surface area contributed by atoms with Crippen molar-refractivity contribution in [1.82, 2.24) is 0 Å². The molecule has 1 fully saturated rings. The monoisotopic (exact) mass is 201 g/mol. The van der Waals surface area contributed by atoms with Crippen molar-refractivity contribution in [3.63, 3.8) is 0 Å². The Morgan fingerprint density at radius 2 is 2.36 bits per heavy atom. The SMILES string of the molecule is CCC1CCCC1(CN)OCCCO. The average molecular weight is 201 g/mol. The number of rotatable bonds is 6. The summed E-state index contributed by atoms with van der Waals surface area (Å²) in [7, 11) is 0. The van der Waals surface area contributed by atoms with Crippen molar-refractivity contribution in [2.45, 2.75) is 44.6 Å². The Labute approximate surface area is 86.6 Å². The first kappa shape index (κ1) is 12.0. The van der Waals surface area contributed by atoms with E-state index in [4.69, 9.17) is 15.6 Å². The molecule has 0 amide bonds. The molecule has 0 heterocycles. The Hall–Kier alpha value is -0.120. The molecule has 0 aromatic rings. The third-order valence-corrected chi connectivity index (χ3v) is 3.43. The van der Waals surface area contributed by atoms with Crippen LogP contribution in [0, 0.1) is 5.92 Å². The molecule has 0 aromatic carbocycles. The molecule has 3 nitrogen and oxygen atoms in total. The van der Waals surface area contributed by atoms with E-state index >= 15 is 0 Å². The molecule has 1 rings (SSSR count). The fourth-order valence-electron chi connectivity index (χ4n) is 2.55. The van der Waals surface area contributed by atoms with Gasteiger partial charge in [-0.2, -0.15) is 0 Å². The number of hydrogen-bond donors (Lipinski definition) is 2. The van der Waals surface area contributed by atoms with Crippen molar-refractivity contribution in [2.75, 3.05) is 19.8 Å². The lowest BCUT2D eigenvalue weighted by Crippen LogP contribution is -2.44. The van der Waals surface area contributed by atoms with Gasteiger partial charge in [0.05, 0.1) is 5.60 Å². The summed E-state index contributed by atoms with van der Waals surface area (Å²) < 4.78 is 5.90. The number of nitrogens with two attached hydrogens (primary N) is 1. The molecule has 0 saturated heterocycles. The van der Waals surface area contributed by atoms with Gasteiger partial charge >= 0.3 is 0 Å². The van der Waals surface area contributed by atoms with Gasteiger partial charge in [0, 0.05) is 19.8 Å². The van der Waals surface area contributed by atoms with Crippen LogP contribution in [0.3, 0.4) is 0 Å². The van der Waals surface area contributed by atoms with Crippen LogP contribution < -0.4 is 5.73 Å². The molecule has 1 saturated carbocycles. The van der Waals surface area contributed by atoms with Crippen molar-refractivity contribution in [2.24, 2.45) is 11.7 Å². The summed E-state index contributed by atoms with van der Waals surface area (Å²) in [6.07, 6.45) is 5.43. The summed E-state index contributed by atoms with van der Waals surface area (Å²) in [6.45, 7) is 3.67. The summed E-state index contributed by atoms with van der Waals surface area (Å²) in [6, 6.07) is 0. The van der Waals surface area contributed by atoms with Gasteiger partial charge in [0.15, 0.2) is 0 Å².